The van der Waals surface area contributed by atoms with Crippen molar-refractivity contribution in [1.29, 1.82) is 0 Å². The molecule has 2 N–H and O–H groups in total. The molecule has 1 atom stereocenters. The third kappa shape index (κ3) is 2.81. The largest absolute Gasteiger partial charge is 0.281 e. The van der Waals surface area contributed by atoms with Crippen LogP contribution in [0.5, 0.6) is 0 Å². The van der Waals surface area contributed by atoms with E-state index in [0.29, 0.717) is 18.2 Å². The van der Waals surface area contributed by atoms with Crippen LogP contribution in [-0.2, 0) is 16.4 Å². The Kier molecular flexibility index (Phi) is 3.50. The Labute approximate surface area is 120 Å². The van der Waals surface area contributed by atoms with Crippen molar-refractivity contribution in [2.24, 2.45) is 0 Å². The van der Waals surface area contributed by atoms with Crippen LogP contribution in [0.25, 0.3) is 0 Å². The quantitative estimate of drug-likeness (QED) is 0.910. The molecule has 5 nitrogen and oxygen atoms in total. The summed E-state index contributed by atoms with van der Waals surface area (Å²) in [6.07, 6.45) is 3.92. The van der Waals surface area contributed by atoms with Crippen LogP contribution >= 0.6 is 0 Å². The lowest BCUT2D eigenvalue weighted by Gasteiger charge is -2.22. The van der Waals surface area contributed by atoms with E-state index in [2.05, 4.69) is 14.9 Å². The summed E-state index contributed by atoms with van der Waals surface area (Å²) in [4.78, 5) is -0.424. The number of rotatable bonds is 3. The first-order valence-corrected chi connectivity index (χ1v) is 7.94. The zero-order chi connectivity index (χ0) is 15.0. The van der Waals surface area contributed by atoms with Crippen molar-refractivity contribution >= 4 is 10.0 Å². The molecule has 2 aromatic rings. The van der Waals surface area contributed by atoms with Gasteiger partial charge in [0.1, 0.15) is 11.6 Å². The third-order valence-electron chi connectivity index (χ3n) is 3.48. The molecule has 112 valence electrons. The van der Waals surface area contributed by atoms with Gasteiger partial charge >= 0.3 is 0 Å². The van der Waals surface area contributed by atoms with E-state index >= 15 is 0 Å². The lowest BCUT2D eigenvalue weighted by Crippen LogP contribution is -2.31. The topological polar surface area (TPSA) is 74.8 Å². The fraction of sp³-hybridized carbons (Fsp3) is 0.308. The standard InChI is InChI=1S/C13H13F2N3O2S/c14-9-4-10(15)6-11(5-9)21(19,20)18-12-3-1-2-8-7-16-17-13(8)12/h4-7,12,18H,1-3H2,(H,16,17). The average Bonchev–Trinajstić information content (AvgIpc) is 2.86. The maximum absolute atomic E-state index is 13.2. The second kappa shape index (κ2) is 5.19. The van der Waals surface area contributed by atoms with Gasteiger partial charge in [0.25, 0.3) is 0 Å². The van der Waals surface area contributed by atoms with Gasteiger partial charge in [0, 0.05) is 6.07 Å². The monoisotopic (exact) mass is 313 g/mol. The van der Waals surface area contributed by atoms with Gasteiger partial charge in [-0.2, -0.15) is 5.10 Å². The number of aromatic amines is 1. The minimum absolute atomic E-state index is 0.424. The summed E-state index contributed by atoms with van der Waals surface area (Å²) in [6.45, 7) is 0. The molecule has 1 aliphatic rings. The third-order valence-corrected chi connectivity index (χ3v) is 4.93. The van der Waals surface area contributed by atoms with Crippen molar-refractivity contribution in [3.63, 3.8) is 0 Å². The van der Waals surface area contributed by atoms with Crippen molar-refractivity contribution in [2.45, 2.75) is 30.2 Å². The van der Waals surface area contributed by atoms with Gasteiger partial charge in [-0.15, -0.1) is 0 Å². The molecule has 1 unspecified atom stereocenters. The van der Waals surface area contributed by atoms with E-state index in [1.54, 1.807) is 6.20 Å². The molecule has 0 saturated carbocycles. The summed E-state index contributed by atoms with van der Waals surface area (Å²) in [5.41, 5.74) is 1.67. The Morgan fingerprint density at radius 1 is 1.24 bits per heavy atom. The summed E-state index contributed by atoms with van der Waals surface area (Å²) in [7, 11) is -4.00. The van der Waals surface area contributed by atoms with E-state index in [9.17, 15) is 17.2 Å². The molecule has 0 radical (unpaired) electrons. The second-order valence-corrected chi connectivity index (χ2v) is 6.69. The highest BCUT2D eigenvalue weighted by atomic mass is 32.2. The number of fused-ring (bicyclic) bond motifs is 1. The number of nitrogens with one attached hydrogen (secondary N) is 2. The number of aromatic nitrogens is 2. The second-order valence-electron chi connectivity index (χ2n) is 4.98. The first kappa shape index (κ1) is 14.2. The Balaban J connectivity index is 1.91. The lowest BCUT2D eigenvalue weighted by atomic mass is 9.94. The zero-order valence-electron chi connectivity index (χ0n) is 10.9. The highest BCUT2D eigenvalue weighted by molar-refractivity contribution is 7.89. The van der Waals surface area contributed by atoms with Crippen LogP contribution in [0.3, 0.4) is 0 Å². The minimum Gasteiger partial charge on any atom is -0.281 e. The number of sulfonamides is 1. The Morgan fingerprint density at radius 3 is 2.67 bits per heavy atom. The van der Waals surface area contributed by atoms with Gasteiger partial charge in [-0.1, -0.05) is 0 Å². The molecule has 0 spiro atoms. The van der Waals surface area contributed by atoms with E-state index in [-0.39, 0.29) is 0 Å². The van der Waals surface area contributed by atoms with E-state index < -0.39 is 32.6 Å². The Morgan fingerprint density at radius 2 is 1.95 bits per heavy atom. The number of H-pyrrole nitrogens is 1. The van der Waals surface area contributed by atoms with Crippen LogP contribution < -0.4 is 4.72 Å². The number of aryl methyl sites for hydroxylation is 1. The summed E-state index contributed by atoms with van der Waals surface area (Å²) in [6, 6.07) is 1.75. The average molecular weight is 313 g/mol. The number of hydrogen-bond acceptors (Lipinski definition) is 3. The molecule has 3 rings (SSSR count). The smallest absolute Gasteiger partial charge is 0.241 e. The fourth-order valence-corrected chi connectivity index (χ4v) is 3.80. The minimum atomic E-state index is -4.00. The van der Waals surface area contributed by atoms with Gasteiger partial charge in [-0.3, -0.25) is 5.10 Å². The molecule has 0 bridgehead atoms. The van der Waals surface area contributed by atoms with E-state index in [0.717, 1.165) is 30.5 Å². The molecule has 0 amide bonds. The van der Waals surface area contributed by atoms with Crippen LogP contribution in [0.2, 0.25) is 0 Å². The zero-order valence-corrected chi connectivity index (χ0v) is 11.8. The fourth-order valence-electron chi connectivity index (χ4n) is 2.52. The highest BCUT2D eigenvalue weighted by Crippen LogP contribution is 2.29. The normalized spacial score (nSPS) is 18.5. The molecular weight excluding hydrogens is 300 g/mol. The molecule has 1 heterocycles. The summed E-state index contributed by atoms with van der Waals surface area (Å²) < 4.78 is 53.3. The predicted molar refractivity (Wildman–Crippen MR) is 70.9 cm³/mol. The van der Waals surface area contributed by atoms with Crippen molar-refractivity contribution in [3.8, 4) is 0 Å². The van der Waals surface area contributed by atoms with Gasteiger partial charge in [0.15, 0.2) is 0 Å². The summed E-state index contributed by atoms with van der Waals surface area (Å²) in [5, 5.41) is 6.68. The molecule has 1 aliphatic carbocycles. The van der Waals surface area contributed by atoms with E-state index in [4.69, 9.17) is 0 Å². The van der Waals surface area contributed by atoms with E-state index in [1.807, 2.05) is 0 Å². The van der Waals surface area contributed by atoms with Crippen LogP contribution in [0, 0.1) is 11.6 Å². The maximum Gasteiger partial charge on any atom is 0.241 e. The molecule has 21 heavy (non-hydrogen) atoms. The maximum atomic E-state index is 13.2. The molecular formula is C13H13F2N3O2S. The predicted octanol–water partition coefficient (Wildman–Crippen LogP) is 2.04. The van der Waals surface area contributed by atoms with Crippen LogP contribution in [0.4, 0.5) is 8.78 Å². The number of halogens is 2. The Hall–Kier alpha value is -1.80. The highest BCUT2D eigenvalue weighted by Gasteiger charge is 2.27. The van der Waals surface area contributed by atoms with Gasteiger partial charge in [0.2, 0.25) is 10.0 Å². The summed E-state index contributed by atoms with van der Waals surface area (Å²) >= 11 is 0. The lowest BCUT2D eigenvalue weighted by molar-refractivity contribution is 0.497. The van der Waals surface area contributed by atoms with Crippen LogP contribution in [0.1, 0.15) is 30.1 Å². The van der Waals surface area contributed by atoms with Crippen molar-refractivity contribution < 1.29 is 17.2 Å². The molecule has 0 aliphatic heterocycles. The number of nitrogens with zero attached hydrogens (tertiary/aromatic N) is 1. The first-order chi connectivity index (χ1) is 9.95. The van der Waals surface area contributed by atoms with Crippen LogP contribution in [-0.4, -0.2) is 18.6 Å². The van der Waals surface area contributed by atoms with E-state index in [1.165, 1.54) is 0 Å². The van der Waals surface area contributed by atoms with Crippen molar-refractivity contribution in [2.75, 3.05) is 0 Å². The Bertz CT molecular complexity index is 753. The van der Waals surface area contributed by atoms with Gasteiger partial charge < -0.3 is 0 Å². The number of benzene rings is 1. The molecule has 0 saturated heterocycles. The molecule has 0 fully saturated rings. The number of hydrogen-bond donors (Lipinski definition) is 2. The van der Waals surface area contributed by atoms with Gasteiger partial charge in [0.05, 0.1) is 22.8 Å². The molecule has 1 aromatic carbocycles. The van der Waals surface area contributed by atoms with Gasteiger partial charge in [-0.25, -0.2) is 21.9 Å². The first-order valence-electron chi connectivity index (χ1n) is 6.46. The molecule has 8 heteroatoms. The SMILES string of the molecule is O=S(=O)(NC1CCCc2cn[nH]c21)c1cc(F)cc(F)c1. The summed E-state index contributed by atoms with van der Waals surface area (Å²) in [5.74, 6) is -1.86. The van der Waals surface area contributed by atoms with Crippen LogP contribution in [0.15, 0.2) is 29.3 Å². The molecule has 1 aromatic heterocycles. The van der Waals surface area contributed by atoms with Crippen molar-refractivity contribution in [1.82, 2.24) is 14.9 Å². The van der Waals surface area contributed by atoms with Gasteiger partial charge in [-0.05, 0) is 37.0 Å². The van der Waals surface area contributed by atoms with Crippen molar-refractivity contribution in [3.05, 3.63) is 47.3 Å².